The minimum Gasteiger partial charge on any atom is -0.481 e. The number of benzene rings is 1. The van der Waals surface area contributed by atoms with Gasteiger partial charge in [0.25, 0.3) is 0 Å². The number of aliphatic carboxylic acids is 1. The molecule has 4 amide bonds. The molecule has 0 aliphatic carbocycles. The maximum absolute atomic E-state index is 13.4. The Kier molecular flexibility index (Phi) is 8.71. The number of amides is 4. The number of urea groups is 1. The molecule has 0 spiro atoms. The molecule has 1 aromatic carbocycles. The molecule has 1 unspecified atom stereocenters. The van der Waals surface area contributed by atoms with Crippen LogP contribution in [0.15, 0.2) is 30.3 Å². The first-order valence-corrected chi connectivity index (χ1v) is 11.8. The Bertz CT molecular complexity index is 976. The first-order chi connectivity index (χ1) is 16.7. The van der Waals surface area contributed by atoms with E-state index in [0.717, 1.165) is 12.0 Å². The third-order valence-electron chi connectivity index (χ3n) is 6.21. The number of nitrogens with zero attached hydrogens (tertiary/aromatic N) is 4. The Morgan fingerprint density at radius 2 is 1.94 bits per heavy atom. The van der Waals surface area contributed by atoms with E-state index in [2.05, 4.69) is 11.2 Å². The fraction of sp³-hybridized carbons (Fsp3) is 0.520. The number of nitrogens with one attached hydrogen (secondary N) is 1. The second-order valence-electron chi connectivity index (χ2n) is 9.21. The van der Waals surface area contributed by atoms with E-state index in [4.69, 9.17) is 6.42 Å². The van der Waals surface area contributed by atoms with Gasteiger partial charge in [0.1, 0.15) is 12.2 Å². The molecule has 2 aliphatic rings. The number of carbonyl (C=O) groups is 4. The molecular weight excluding hydrogens is 450 g/mol. The maximum Gasteiger partial charge on any atom is 0.334 e. The van der Waals surface area contributed by atoms with E-state index in [-0.39, 0.29) is 50.8 Å². The van der Waals surface area contributed by atoms with E-state index < -0.39 is 24.2 Å². The van der Waals surface area contributed by atoms with E-state index in [1.807, 2.05) is 44.2 Å². The number of terminal acetylenes is 1. The van der Waals surface area contributed by atoms with Gasteiger partial charge in [-0.1, -0.05) is 50.1 Å². The van der Waals surface area contributed by atoms with Crippen LogP contribution < -0.4 is 5.32 Å². The van der Waals surface area contributed by atoms with Crippen molar-refractivity contribution in [2.45, 2.75) is 51.9 Å². The summed E-state index contributed by atoms with van der Waals surface area (Å²) in [4.78, 5) is 54.2. The molecule has 2 N–H and O–H groups in total. The highest BCUT2D eigenvalue weighted by Gasteiger charge is 2.51. The standard InChI is InChI=1S/C25H33N5O5/c1-4-13-28-17-22(31)29-20(10-11-23(32)33)24(34)27(14-12-18(2)3)16-21(29)30(28)25(35)26-15-19-8-6-5-7-9-19/h1,5-9,18,20-21H,10-17H2,2-3H3,(H,26,35)(H,32,33)/t20?,21-/m0/s1. The number of hydrogen-bond donors (Lipinski definition) is 2. The summed E-state index contributed by atoms with van der Waals surface area (Å²) < 4.78 is 0. The predicted octanol–water partition coefficient (Wildman–Crippen LogP) is 1.34. The van der Waals surface area contributed by atoms with Gasteiger partial charge in [0.15, 0.2) is 0 Å². The van der Waals surface area contributed by atoms with Crippen LogP contribution in [0.4, 0.5) is 4.79 Å². The van der Waals surface area contributed by atoms with Gasteiger partial charge in [0.2, 0.25) is 11.8 Å². The second kappa shape index (κ2) is 11.7. The fourth-order valence-corrected chi connectivity index (χ4v) is 4.44. The lowest BCUT2D eigenvalue weighted by Gasteiger charge is -2.55. The molecule has 2 atom stereocenters. The number of fused-ring (bicyclic) bond motifs is 1. The number of rotatable bonds is 9. The van der Waals surface area contributed by atoms with E-state index in [1.165, 1.54) is 14.9 Å². The zero-order valence-electron chi connectivity index (χ0n) is 20.2. The number of carboxylic acid groups (broad SMARTS) is 1. The Morgan fingerprint density at radius 1 is 1.23 bits per heavy atom. The maximum atomic E-state index is 13.4. The lowest BCUT2D eigenvalue weighted by molar-refractivity contribution is -0.189. The van der Waals surface area contributed by atoms with Crippen molar-refractivity contribution in [3.8, 4) is 12.3 Å². The molecular formula is C25H33N5O5. The van der Waals surface area contributed by atoms with Gasteiger partial charge in [0.05, 0.1) is 19.6 Å². The summed E-state index contributed by atoms with van der Waals surface area (Å²) in [5.41, 5.74) is 0.908. The summed E-state index contributed by atoms with van der Waals surface area (Å²) in [7, 11) is 0. The minimum atomic E-state index is -1.05. The molecule has 2 fully saturated rings. The van der Waals surface area contributed by atoms with Gasteiger partial charge >= 0.3 is 12.0 Å². The molecule has 2 saturated heterocycles. The molecule has 35 heavy (non-hydrogen) atoms. The highest BCUT2D eigenvalue weighted by Crippen LogP contribution is 2.29. The van der Waals surface area contributed by atoms with E-state index in [0.29, 0.717) is 12.5 Å². The molecule has 10 heteroatoms. The van der Waals surface area contributed by atoms with Gasteiger partial charge in [-0.3, -0.25) is 14.4 Å². The van der Waals surface area contributed by atoms with Crippen LogP contribution in [0.1, 0.15) is 38.7 Å². The molecule has 0 aromatic heterocycles. The van der Waals surface area contributed by atoms with Crippen molar-refractivity contribution in [1.29, 1.82) is 0 Å². The molecule has 2 aliphatic heterocycles. The van der Waals surface area contributed by atoms with Gasteiger partial charge in [-0.25, -0.2) is 9.80 Å². The zero-order valence-corrected chi connectivity index (χ0v) is 20.2. The van der Waals surface area contributed by atoms with Gasteiger partial charge in [-0.2, -0.15) is 5.01 Å². The van der Waals surface area contributed by atoms with Crippen LogP contribution >= 0.6 is 0 Å². The highest BCUT2D eigenvalue weighted by molar-refractivity contribution is 5.91. The molecule has 2 heterocycles. The Balaban J connectivity index is 1.91. The molecule has 1 aromatic rings. The fourth-order valence-electron chi connectivity index (χ4n) is 4.44. The van der Waals surface area contributed by atoms with Gasteiger partial charge in [-0.05, 0) is 24.3 Å². The van der Waals surface area contributed by atoms with Crippen LogP contribution in [-0.4, -0.2) is 87.1 Å². The summed E-state index contributed by atoms with van der Waals surface area (Å²) in [5.74, 6) is 1.15. The number of hydrazine groups is 1. The average molecular weight is 484 g/mol. The van der Waals surface area contributed by atoms with Crippen LogP contribution in [0.3, 0.4) is 0 Å². The predicted molar refractivity (Wildman–Crippen MR) is 128 cm³/mol. The first-order valence-electron chi connectivity index (χ1n) is 11.8. The normalized spacial score (nSPS) is 20.6. The smallest absolute Gasteiger partial charge is 0.334 e. The Hall–Kier alpha value is -3.58. The average Bonchev–Trinajstić information content (AvgIpc) is 2.81. The minimum absolute atomic E-state index is 0.0246. The number of piperazine rings is 1. The van der Waals surface area contributed by atoms with Crippen molar-refractivity contribution >= 4 is 23.8 Å². The van der Waals surface area contributed by atoms with Crippen molar-refractivity contribution in [2.75, 3.05) is 26.2 Å². The summed E-state index contributed by atoms with van der Waals surface area (Å²) in [6, 6.07) is 8.01. The lowest BCUT2D eigenvalue weighted by atomic mass is 10.0. The number of carbonyl (C=O) groups excluding carboxylic acids is 3. The molecule has 188 valence electrons. The third kappa shape index (κ3) is 6.31. The van der Waals surface area contributed by atoms with Crippen molar-refractivity contribution < 1.29 is 24.3 Å². The Labute approximate surface area is 205 Å². The highest BCUT2D eigenvalue weighted by atomic mass is 16.4. The van der Waals surface area contributed by atoms with Crippen LogP contribution in [0.2, 0.25) is 0 Å². The first kappa shape index (κ1) is 26.0. The summed E-state index contributed by atoms with van der Waals surface area (Å²) in [6.07, 6.45) is 5.20. The number of carboxylic acids is 1. The monoisotopic (exact) mass is 483 g/mol. The lowest BCUT2D eigenvalue weighted by Crippen LogP contribution is -2.76. The third-order valence-corrected chi connectivity index (χ3v) is 6.21. The van der Waals surface area contributed by atoms with Crippen LogP contribution in [0, 0.1) is 18.3 Å². The van der Waals surface area contributed by atoms with E-state index >= 15 is 0 Å². The van der Waals surface area contributed by atoms with Crippen molar-refractivity contribution in [3.05, 3.63) is 35.9 Å². The number of hydrogen-bond acceptors (Lipinski definition) is 5. The van der Waals surface area contributed by atoms with Gasteiger partial charge in [-0.15, -0.1) is 6.42 Å². The van der Waals surface area contributed by atoms with Crippen LogP contribution in [0.25, 0.3) is 0 Å². The molecule has 3 rings (SSSR count). The summed E-state index contributed by atoms with van der Waals surface area (Å²) in [6.45, 7) is 4.81. The summed E-state index contributed by atoms with van der Waals surface area (Å²) in [5, 5.41) is 15.1. The summed E-state index contributed by atoms with van der Waals surface area (Å²) >= 11 is 0. The molecule has 0 saturated carbocycles. The molecule has 0 radical (unpaired) electrons. The van der Waals surface area contributed by atoms with Crippen LogP contribution in [-0.2, 0) is 20.9 Å². The van der Waals surface area contributed by atoms with E-state index in [9.17, 15) is 24.3 Å². The SMILES string of the molecule is C#CCN1CC(=O)N2C(CCC(=O)O)C(=O)N(CCC(C)C)C[C@@H]2N1C(=O)NCc1ccccc1. The molecule has 0 bridgehead atoms. The van der Waals surface area contributed by atoms with Crippen molar-refractivity contribution in [1.82, 2.24) is 25.1 Å². The second-order valence-corrected chi connectivity index (χ2v) is 9.21. The quantitative estimate of drug-likeness (QED) is 0.513. The zero-order chi connectivity index (χ0) is 25.5. The van der Waals surface area contributed by atoms with Gasteiger partial charge in [0, 0.05) is 19.5 Å². The topological polar surface area (TPSA) is 114 Å². The molecule has 10 nitrogen and oxygen atoms in total. The van der Waals surface area contributed by atoms with Crippen molar-refractivity contribution in [2.24, 2.45) is 5.92 Å². The van der Waals surface area contributed by atoms with Crippen molar-refractivity contribution in [3.63, 3.8) is 0 Å². The van der Waals surface area contributed by atoms with Crippen LogP contribution in [0.5, 0.6) is 0 Å². The Morgan fingerprint density at radius 3 is 2.57 bits per heavy atom. The largest absolute Gasteiger partial charge is 0.481 e. The van der Waals surface area contributed by atoms with E-state index in [1.54, 1.807) is 4.90 Å². The van der Waals surface area contributed by atoms with Gasteiger partial charge < -0.3 is 20.2 Å².